The maximum atomic E-state index is 13.7. The fraction of sp³-hybridized carbons (Fsp3) is 0.355. The van der Waals surface area contributed by atoms with Crippen molar-refractivity contribution in [1.82, 2.24) is 14.8 Å². The largest absolute Gasteiger partial charge is 0.497 e. The van der Waals surface area contributed by atoms with Gasteiger partial charge in [-0.2, -0.15) is 5.10 Å². The molecule has 0 bridgehead atoms. The predicted molar refractivity (Wildman–Crippen MR) is 148 cm³/mol. The van der Waals surface area contributed by atoms with Gasteiger partial charge in [-0.3, -0.25) is 14.6 Å². The van der Waals surface area contributed by atoms with Crippen LogP contribution in [0.5, 0.6) is 5.75 Å². The van der Waals surface area contributed by atoms with Crippen molar-refractivity contribution in [1.29, 1.82) is 0 Å². The molecule has 37 heavy (non-hydrogen) atoms. The molecule has 3 aromatic carbocycles. The van der Waals surface area contributed by atoms with Crippen LogP contribution in [0.3, 0.4) is 0 Å². The summed E-state index contributed by atoms with van der Waals surface area (Å²) >= 11 is 0. The van der Waals surface area contributed by atoms with Gasteiger partial charge >= 0.3 is 0 Å². The van der Waals surface area contributed by atoms with E-state index >= 15 is 0 Å². The summed E-state index contributed by atoms with van der Waals surface area (Å²) < 4.78 is 5.32. The molecule has 0 radical (unpaired) electrons. The van der Waals surface area contributed by atoms with Crippen molar-refractivity contribution in [2.45, 2.75) is 32.9 Å². The molecule has 0 N–H and O–H groups in total. The topological polar surface area (TPSA) is 48.4 Å². The third-order valence-corrected chi connectivity index (χ3v) is 7.45. The average molecular weight is 497 g/mol. The number of hydrazone groups is 1. The Labute approximate surface area is 220 Å². The number of methoxy groups -OCH3 is 1. The van der Waals surface area contributed by atoms with E-state index in [1.807, 2.05) is 24.3 Å². The normalized spacial score (nSPS) is 18.6. The van der Waals surface area contributed by atoms with Crippen LogP contribution >= 0.6 is 0 Å². The molecule has 6 heteroatoms. The van der Waals surface area contributed by atoms with E-state index in [1.165, 1.54) is 22.3 Å². The molecule has 1 saturated heterocycles. The van der Waals surface area contributed by atoms with Crippen LogP contribution in [-0.2, 0) is 11.3 Å². The lowest BCUT2D eigenvalue weighted by molar-refractivity contribution is -0.134. The fourth-order valence-electron chi connectivity index (χ4n) is 5.35. The first-order valence-electron chi connectivity index (χ1n) is 13.1. The molecule has 1 fully saturated rings. The minimum atomic E-state index is -0.0930. The van der Waals surface area contributed by atoms with Gasteiger partial charge in [-0.15, -0.1) is 0 Å². The van der Waals surface area contributed by atoms with Gasteiger partial charge in [0.25, 0.3) is 5.91 Å². The molecule has 3 aromatic rings. The first-order chi connectivity index (χ1) is 18.0. The molecule has 0 aromatic heterocycles. The van der Waals surface area contributed by atoms with Crippen LogP contribution in [0.1, 0.15) is 40.3 Å². The summed E-state index contributed by atoms with van der Waals surface area (Å²) in [4.78, 5) is 18.4. The van der Waals surface area contributed by atoms with Crippen molar-refractivity contribution >= 4 is 11.6 Å². The van der Waals surface area contributed by atoms with Crippen LogP contribution in [0.4, 0.5) is 0 Å². The zero-order valence-corrected chi connectivity index (χ0v) is 22.1. The molecule has 0 unspecified atom stereocenters. The number of nitrogens with zero attached hydrogens (tertiary/aromatic N) is 4. The van der Waals surface area contributed by atoms with Crippen molar-refractivity contribution in [3.05, 3.63) is 101 Å². The number of ether oxygens (including phenoxy) is 1. The summed E-state index contributed by atoms with van der Waals surface area (Å²) in [6, 6.07) is 24.9. The van der Waals surface area contributed by atoms with E-state index in [0.717, 1.165) is 49.7 Å². The van der Waals surface area contributed by atoms with Crippen LogP contribution < -0.4 is 4.74 Å². The Kier molecular flexibility index (Phi) is 7.68. The van der Waals surface area contributed by atoms with Crippen molar-refractivity contribution in [2.24, 2.45) is 5.10 Å². The van der Waals surface area contributed by atoms with E-state index in [4.69, 9.17) is 9.84 Å². The lowest BCUT2D eigenvalue weighted by atomic mass is 9.94. The smallest absolute Gasteiger partial charge is 0.257 e. The molecule has 2 aliphatic heterocycles. The first-order valence-corrected chi connectivity index (χ1v) is 13.1. The van der Waals surface area contributed by atoms with Crippen LogP contribution in [0.25, 0.3) is 0 Å². The number of hydrogen-bond acceptors (Lipinski definition) is 5. The van der Waals surface area contributed by atoms with Gasteiger partial charge in [0.1, 0.15) is 5.75 Å². The van der Waals surface area contributed by atoms with Crippen LogP contribution in [0.2, 0.25) is 0 Å². The summed E-state index contributed by atoms with van der Waals surface area (Å²) in [6.07, 6.45) is 0.701. The molecular weight excluding hydrogens is 460 g/mol. The van der Waals surface area contributed by atoms with Gasteiger partial charge in [0.2, 0.25) is 0 Å². The quantitative estimate of drug-likeness (QED) is 0.471. The number of hydrogen-bond donors (Lipinski definition) is 0. The molecule has 6 nitrogen and oxygen atoms in total. The Morgan fingerprint density at radius 2 is 1.62 bits per heavy atom. The summed E-state index contributed by atoms with van der Waals surface area (Å²) in [6.45, 7) is 9.27. The molecule has 1 amide bonds. The Morgan fingerprint density at radius 3 is 2.30 bits per heavy atom. The predicted octanol–water partition coefficient (Wildman–Crippen LogP) is 4.81. The lowest BCUT2D eigenvalue weighted by Gasteiger charge is -2.35. The van der Waals surface area contributed by atoms with Crippen molar-refractivity contribution < 1.29 is 9.53 Å². The van der Waals surface area contributed by atoms with Crippen LogP contribution in [-0.4, -0.2) is 66.3 Å². The summed E-state index contributed by atoms with van der Waals surface area (Å²) in [5.41, 5.74) is 6.89. The van der Waals surface area contributed by atoms with Gasteiger partial charge in [-0.25, -0.2) is 5.01 Å². The standard InChI is InChI=1S/C31H36N4O2/c1-23-9-14-28(24(2)19-23)30-20-29(26-10-12-27(37-3)13-11-26)32-35(30)31(36)22-34-17-15-33(16-18-34)21-25-7-5-4-6-8-25/h4-14,19,30H,15-18,20-22H2,1-3H3/t30-/m1/s1. The maximum absolute atomic E-state index is 13.7. The van der Waals surface area contributed by atoms with Crippen LogP contribution in [0.15, 0.2) is 77.9 Å². The monoisotopic (exact) mass is 496 g/mol. The van der Waals surface area contributed by atoms with E-state index in [1.54, 1.807) is 12.1 Å². The second-order valence-electron chi connectivity index (χ2n) is 10.1. The SMILES string of the molecule is COc1ccc(C2=NN(C(=O)CN3CCN(Cc4ccccc4)CC3)[C@@H](c3ccc(C)cc3C)C2)cc1. The molecule has 192 valence electrons. The highest BCUT2D eigenvalue weighted by molar-refractivity contribution is 6.03. The lowest BCUT2D eigenvalue weighted by Crippen LogP contribution is -2.49. The van der Waals surface area contributed by atoms with Crippen molar-refractivity contribution in [3.63, 3.8) is 0 Å². The van der Waals surface area contributed by atoms with E-state index in [2.05, 4.69) is 72.2 Å². The van der Waals surface area contributed by atoms with Gasteiger partial charge in [-0.1, -0.05) is 54.1 Å². The maximum Gasteiger partial charge on any atom is 0.257 e. The van der Waals surface area contributed by atoms with Gasteiger partial charge in [-0.05, 0) is 60.4 Å². The molecule has 2 aliphatic rings. The Hall–Kier alpha value is -3.48. The molecule has 5 rings (SSSR count). The third-order valence-electron chi connectivity index (χ3n) is 7.45. The van der Waals surface area contributed by atoms with Crippen molar-refractivity contribution in [2.75, 3.05) is 39.8 Å². The van der Waals surface area contributed by atoms with Crippen LogP contribution in [0, 0.1) is 13.8 Å². The number of carbonyl (C=O) groups is 1. The van der Waals surface area contributed by atoms with E-state index in [0.29, 0.717) is 13.0 Å². The number of benzene rings is 3. The zero-order valence-electron chi connectivity index (χ0n) is 22.1. The third kappa shape index (κ3) is 5.92. The Morgan fingerprint density at radius 1 is 0.919 bits per heavy atom. The minimum Gasteiger partial charge on any atom is -0.497 e. The average Bonchev–Trinajstić information content (AvgIpc) is 3.36. The molecule has 0 aliphatic carbocycles. The van der Waals surface area contributed by atoms with Gasteiger partial charge < -0.3 is 4.74 Å². The van der Waals surface area contributed by atoms with E-state index in [9.17, 15) is 4.79 Å². The summed E-state index contributed by atoms with van der Waals surface area (Å²) in [7, 11) is 1.67. The number of aryl methyl sites for hydroxylation is 2. The zero-order chi connectivity index (χ0) is 25.8. The van der Waals surface area contributed by atoms with Crippen molar-refractivity contribution in [3.8, 4) is 5.75 Å². The fourth-order valence-corrected chi connectivity index (χ4v) is 5.35. The highest BCUT2D eigenvalue weighted by atomic mass is 16.5. The van der Waals surface area contributed by atoms with Gasteiger partial charge in [0, 0.05) is 39.1 Å². The highest BCUT2D eigenvalue weighted by Crippen LogP contribution is 2.35. The second kappa shape index (κ2) is 11.3. The molecule has 1 atom stereocenters. The number of rotatable bonds is 7. The molecule has 0 saturated carbocycles. The number of amides is 1. The van der Waals surface area contributed by atoms with Gasteiger partial charge in [0.05, 0.1) is 25.4 Å². The molecule has 0 spiro atoms. The van der Waals surface area contributed by atoms with Gasteiger partial charge in [0.15, 0.2) is 0 Å². The Bertz CT molecular complexity index is 1250. The summed E-state index contributed by atoms with van der Waals surface area (Å²) in [5, 5.41) is 6.64. The Balaban J connectivity index is 1.29. The number of carbonyl (C=O) groups excluding carboxylic acids is 1. The first kappa shape index (κ1) is 25.2. The molecule has 2 heterocycles. The molecular formula is C31H36N4O2. The number of piperazine rings is 1. The summed E-state index contributed by atoms with van der Waals surface area (Å²) in [5.74, 6) is 0.873. The second-order valence-corrected chi connectivity index (χ2v) is 10.1. The van der Waals surface area contributed by atoms with E-state index in [-0.39, 0.29) is 11.9 Å². The van der Waals surface area contributed by atoms with E-state index < -0.39 is 0 Å². The minimum absolute atomic E-state index is 0.0602. The highest BCUT2D eigenvalue weighted by Gasteiger charge is 2.35.